The zero-order chi connectivity index (χ0) is 32.8. The van der Waals surface area contributed by atoms with Crippen LogP contribution in [0, 0.1) is 50.2 Å². The summed E-state index contributed by atoms with van der Waals surface area (Å²) in [6.07, 6.45) is 6.87. The van der Waals surface area contributed by atoms with Gasteiger partial charge < -0.3 is 14.6 Å². The van der Waals surface area contributed by atoms with Gasteiger partial charge >= 0.3 is 11.9 Å². The highest BCUT2D eigenvalue weighted by molar-refractivity contribution is 5.99. The minimum Gasteiger partial charge on any atom is -0.504 e. The Morgan fingerprint density at radius 1 is 0.889 bits per heavy atom. The molecule has 0 bridgehead atoms. The van der Waals surface area contributed by atoms with Crippen LogP contribution in [0.15, 0.2) is 41.7 Å². The van der Waals surface area contributed by atoms with Gasteiger partial charge in [0, 0.05) is 24.2 Å². The minimum absolute atomic E-state index is 0.0248. The highest BCUT2D eigenvalue weighted by Crippen LogP contribution is 2.76. The number of rotatable bonds is 4. The predicted octanol–water partition coefficient (Wildman–Crippen LogP) is 8.53. The van der Waals surface area contributed by atoms with E-state index in [1.807, 2.05) is 30.3 Å². The number of Topliss-reactive ketones (excluding diaryl/α,β-unsaturated/α-hetero) is 1. The Morgan fingerprint density at radius 2 is 1.56 bits per heavy atom. The van der Waals surface area contributed by atoms with Gasteiger partial charge in [0.1, 0.15) is 12.7 Å². The third-order valence-electron chi connectivity index (χ3n) is 14.3. The van der Waals surface area contributed by atoms with E-state index < -0.39 is 10.8 Å². The van der Waals surface area contributed by atoms with Crippen LogP contribution in [0.2, 0.25) is 0 Å². The van der Waals surface area contributed by atoms with Crippen LogP contribution in [0.1, 0.15) is 119 Å². The van der Waals surface area contributed by atoms with Gasteiger partial charge in [-0.3, -0.25) is 14.4 Å². The van der Waals surface area contributed by atoms with Crippen molar-refractivity contribution in [1.29, 1.82) is 0 Å². The number of esters is 2. The standard InChI is InChI=1S/C39H54O6/c1-24(40)45-28-15-16-36(6)27(35(28,4)5)14-17-38(8)32(36)31(42)30(41)29-26-22-34(2,3)18-20-39(26,21-19-37(29,38)7)33(43)44-23-25-12-10-9-11-13-25/h9-13,26-28,32,41H,14-23H2,1-8H3/t26-,27-,28-,32+,36-,37+,38+,39-/m0/s1. The average Bonchev–Trinajstić information content (AvgIpc) is 2.96. The van der Waals surface area contributed by atoms with Crippen LogP contribution in [0.3, 0.4) is 0 Å². The summed E-state index contributed by atoms with van der Waals surface area (Å²) in [5.74, 6) is -1.08. The van der Waals surface area contributed by atoms with Crippen molar-refractivity contribution in [2.24, 2.45) is 50.2 Å². The fraction of sp³-hybridized carbons (Fsp3) is 0.718. The molecule has 1 N–H and O–H groups in total. The molecule has 0 heterocycles. The Kier molecular flexibility index (Phi) is 7.50. The van der Waals surface area contributed by atoms with Crippen molar-refractivity contribution in [2.75, 3.05) is 0 Å². The fourth-order valence-corrected chi connectivity index (χ4v) is 11.8. The Morgan fingerprint density at radius 3 is 2.22 bits per heavy atom. The van der Waals surface area contributed by atoms with E-state index in [1.165, 1.54) is 6.92 Å². The molecule has 0 aromatic heterocycles. The molecular formula is C39H54O6. The van der Waals surface area contributed by atoms with E-state index in [1.54, 1.807) is 0 Å². The number of aliphatic hydroxyl groups excluding tert-OH is 1. The third-order valence-corrected chi connectivity index (χ3v) is 14.3. The average molecular weight is 619 g/mol. The zero-order valence-electron chi connectivity index (χ0n) is 28.8. The van der Waals surface area contributed by atoms with Gasteiger partial charge in [-0.15, -0.1) is 0 Å². The molecular weight excluding hydrogens is 564 g/mol. The molecule has 4 saturated carbocycles. The van der Waals surface area contributed by atoms with E-state index in [2.05, 4.69) is 48.5 Å². The van der Waals surface area contributed by atoms with E-state index in [-0.39, 0.29) is 75.6 Å². The molecule has 5 aliphatic rings. The maximum Gasteiger partial charge on any atom is 0.313 e. The number of carbonyl (C=O) groups is 3. The molecule has 6 nitrogen and oxygen atoms in total. The lowest BCUT2D eigenvalue weighted by Crippen LogP contribution is -2.68. The van der Waals surface area contributed by atoms with Crippen LogP contribution in [-0.2, 0) is 30.5 Å². The number of aliphatic hydroxyl groups is 1. The molecule has 8 atom stereocenters. The summed E-state index contributed by atoms with van der Waals surface area (Å²) in [6.45, 7) is 17.5. The van der Waals surface area contributed by atoms with E-state index >= 15 is 0 Å². The number of carbonyl (C=O) groups excluding carboxylic acids is 3. The zero-order valence-corrected chi connectivity index (χ0v) is 28.8. The van der Waals surface area contributed by atoms with Crippen LogP contribution < -0.4 is 0 Å². The molecule has 6 heteroatoms. The Bertz CT molecular complexity index is 1420. The second-order valence-corrected chi connectivity index (χ2v) is 17.5. The minimum atomic E-state index is -0.748. The first-order valence-electron chi connectivity index (χ1n) is 17.3. The Labute approximate surface area is 269 Å². The van der Waals surface area contributed by atoms with Gasteiger partial charge in [0.05, 0.1) is 5.41 Å². The van der Waals surface area contributed by atoms with Gasteiger partial charge in [0.15, 0.2) is 5.76 Å². The maximum atomic E-state index is 14.8. The van der Waals surface area contributed by atoms with Crippen LogP contribution in [-0.4, -0.2) is 28.9 Å². The van der Waals surface area contributed by atoms with E-state index in [9.17, 15) is 19.5 Å². The molecule has 45 heavy (non-hydrogen) atoms. The second-order valence-electron chi connectivity index (χ2n) is 17.5. The molecule has 4 fully saturated rings. The van der Waals surface area contributed by atoms with Crippen LogP contribution in [0.25, 0.3) is 0 Å². The SMILES string of the molecule is CC(=O)O[C@H]1CC[C@]2(C)[C@H]3C(=O)C(O)=C4[C@@H]5CC(C)(C)CC[C@]5(C(=O)OCc5ccccc5)CC[C@@]4(C)[C@]3(C)CC[C@H]2C1(C)C. The highest BCUT2D eigenvalue weighted by atomic mass is 16.5. The van der Waals surface area contributed by atoms with Crippen LogP contribution >= 0.6 is 0 Å². The van der Waals surface area contributed by atoms with E-state index in [4.69, 9.17) is 9.47 Å². The summed E-state index contributed by atoms with van der Waals surface area (Å²) >= 11 is 0. The van der Waals surface area contributed by atoms with Crippen LogP contribution in [0.5, 0.6) is 0 Å². The summed E-state index contributed by atoms with van der Waals surface area (Å²) in [5, 5.41) is 12.2. The summed E-state index contributed by atoms with van der Waals surface area (Å²) in [4.78, 5) is 41.1. The number of benzene rings is 1. The Hall–Kier alpha value is -2.63. The summed E-state index contributed by atoms with van der Waals surface area (Å²) in [5.41, 5.74) is -0.426. The van der Waals surface area contributed by atoms with Gasteiger partial charge in [-0.25, -0.2) is 0 Å². The number of hydrogen-bond donors (Lipinski definition) is 1. The van der Waals surface area contributed by atoms with Gasteiger partial charge in [-0.05, 0) is 96.5 Å². The fourth-order valence-electron chi connectivity index (χ4n) is 11.8. The first-order chi connectivity index (χ1) is 20.9. The van der Waals surface area contributed by atoms with Crippen molar-refractivity contribution in [1.82, 2.24) is 0 Å². The lowest BCUT2D eigenvalue weighted by atomic mass is 9.33. The van der Waals surface area contributed by atoms with E-state index in [0.717, 1.165) is 49.7 Å². The molecule has 0 amide bonds. The first-order valence-corrected chi connectivity index (χ1v) is 17.3. The number of ether oxygens (including phenoxy) is 2. The first kappa shape index (κ1) is 32.3. The van der Waals surface area contributed by atoms with Gasteiger partial charge in [-0.2, -0.15) is 0 Å². The quantitative estimate of drug-likeness (QED) is 0.340. The van der Waals surface area contributed by atoms with Crippen LogP contribution in [0.4, 0.5) is 0 Å². The lowest BCUT2D eigenvalue weighted by Gasteiger charge is -2.70. The molecule has 1 aromatic rings. The summed E-state index contributed by atoms with van der Waals surface area (Å²) < 4.78 is 11.9. The molecule has 0 unspecified atom stereocenters. The molecule has 1 aromatic carbocycles. The monoisotopic (exact) mass is 618 g/mol. The normalized spacial score (nSPS) is 41.6. The molecule has 6 rings (SSSR count). The van der Waals surface area contributed by atoms with Gasteiger partial charge in [0.2, 0.25) is 5.78 Å². The predicted molar refractivity (Wildman–Crippen MR) is 173 cm³/mol. The third kappa shape index (κ3) is 4.58. The number of ketones is 1. The number of hydrogen-bond acceptors (Lipinski definition) is 6. The smallest absolute Gasteiger partial charge is 0.313 e. The lowest BCUT2D eigenvalue weighted by molar-refractivity contribution is -0.214. The topological polar surface area (TPSA) is 89.9 Å². The molecule has 0 saturated heterocycles. The Balaban J connectivity index is 1.42. The largest absolute Gasteiger partial charge is 0.504 e. The van der Waals surface area contributed by atoms with Crippen molar-refractivity contribution in [3.63, 3.8) is 0 Å². The second kappa shape index (κ2) is 10.4. The van der Waals surface area contributed by atoms with Crippen molar-refractivity contribution < 1.29 is 29.0 Å². The summed E-state index contributed by atoms with van der Waals surface area (Å²) in [6, 6.07) is 9.79. The van der Waals surface area contributed by atoms with Crippen molar-refractivity contribution in [2.45, 2.75) is 126 Å². The number of allylic oxidation sites excluding steroid dienone is 2. The molecule has 0 aliphatic heterocycles. The number of fused-ring (bicyclic) bond motifs is 7. The van der Waals surface area contributed by atoms with Crippen molar-refractivity contribution in [3.8, 4) is 0 Å². The van der Waals surface area contributed by atoms with E-state index in [0.29, 0.717) is 19.3 Å². The van der Waals surface area contributed by atoms with Gasteiger partial charge in [0.25, 0.3) is 0 Å². The molecule has 0 radical (unpaired) electrons. The van der Waals surface area contributed by atoms with Crippen molar-refractivity contribution >= 4 is 17.7 Å². The summed E-state index contributed by atoms with van der Waals surface area (Å²) in [7, 11) is 0. The molecule has 5 aliphatic carbocycles. The highest BCUT2D eigenvalue weighted by Gasteiger charge is 2.73. The molecule has 246 valence electrons. The maximum absolute atomic E-state index is 14.8. The van der Waals surface area contributed by atoms with Crippen molar-refractivity contribution in [3.05, 3.63) is 47.2 Å². The van der Waals surface area contributed by atoms with Gasteiger partial charge in [-0.1, -0.05) is 78.8 Å². The molecule has 0 spiro atoms.